The van der Waals surface area contributed by atoms with E-state index >= 15 is 0 Å². The number of carbonyl (C=O) groups excluding carboxylic acids is 2. The van der Waals surface area contributed by atoms with Gasteiger partial charge in [-0.05, 0) is 49.6 Å². The van der Waals surface area contributed by atoms with Gasteiger partial charge < -0.3 is 15.0 Å². The lowest BCUT2D eigenvalue weighted by Gasteiger charge is -2.32. The monoisotopic (exact) mass is 504 g/mol. The van der Waals surface area contributed by atoms with Crippen LogP contribution in [0.4, 0.5) is 0 Å². The van der Waals surface area contributed by atoms with Crippen LogP contribution in [0.3, 0.4) is 0 Å². The van der Waals surface area contributed by atoms with E-state index in [1.165, 1.54) is 0 Å². The van der Waals surface area contributed by atoms with Gasteiger partial charge in [0.2, 0.25) is 11.8 Å². The standard InChI is InChI=1S/C30H36N2O3S/c1-22(2)31-30(34)28(18-24-8-6-5-7-9-24)32(19-25-12-10-23(3)11-13-25)29(33)21-36-20-26-14-16-27(35-4)17-15-26/h5-17,22,28H,18-21H2,1-4H3,(H,31,34)/t28-/m1/s1. The smallest absolute Gasteiger partial charge is 0.243 e. The molecular weight excluding hydrogens is 468 g/mol. The van der Waals surface area contributed by atoms with Gasteiger partial charge in [-0.15, -0.1) is 11.8 Å². The zero-order valence-electron chi connectivity index (χ0n) is 21.6. The lowest BCUT2D eigenvalue weighted by atomic mass is 10.0. The highest BCUT2D eigenvalue weighted by molar-refractivity contribution is 7.99. The Morgan fingerprint density at radius 1 is 0.889 bits per heavy atom. The summed E-state index contributed by atoms with van der Waals surface area (Å²) in [6, 6.07) is 25.3. The molecule has 0 aliphatic heterocycles. The summed E-state index contributed by atoms with van der Waals surface area (Å²) in [4.78, 5) is 28.8. The number of carbonyl (C=O) groups is 2. The molecule has 190 valence electrons. The van der Waals surface area contributed by atoms with E-state index in [1.54, 1.807) is 23.8 Å². The summed E-state index contributed by atoms with van der Waals surface area (Å²) in [5.74, 6) is 1.63. The van der Waals surface area contributed by atoms with Gasteiger partial charge in [-0.25, -0.2) is 0 Å². The molecule has 5 nitrogen and oxygen atoms in total. The number of methoxy groups -OCH3 is 1. The van der Waals surface area contributed by atoms with Crippen molar-refractivity contribution in [1.29, 1.82) is 0 Å². The minimum Gasteiger partial charge on any atom is -0.497 e. The lowest BCUT2D eigenvalue weighted by Crippen LogP contribution is -2.52. The normalized spacial score (nSPS) is 11.7. The average Bonchev–Trinajstić information content (AvgIpc) is 2.87. The first-order chi connectivity index (χ1) is 17.4. The number of benzene rings is 3. The maximum absolute atomic E-state index is 13.6. The number of aryl methyl sites for hydroxylation is 1. The van der Waals surface area contributed by atoms with Gasteiger partial charge in [-0.3, -0.25) is 9.59 Å². The third kappa shape index (κ3) is 8.45. The molecule has 0 spiro atoms. The molecule has 0 radical (unpaired) electrons. The third-order valence-electron chi connectivity index (χ3n) is 5.83. The molecule has 1 N–H and O–H groups in total. The van der Waals surface area contributed by atoms with Gasteiger partial charge in [-0.1, -0.05) is 72.3 Å². The molecule has 2 amide bonds. The van der Waals surface area contributed by atoms with E-state index in [1.807, 2.05) is 99.6 Å². The largest absolute Gasteiger partial charge is 0.497 e. The number of hydrogen-bond donors (Lipinski definition) is 1. The summed E-state index contributed by atoms with van der Waals surface area (Å²) in [5, 5.41) is 3.03. The molecule has 0 unspecified atom stereocenters. The summed E-state index contributed by atoms with van der Waals surface area (Å²) < 4.78 is 5.23. The fourth-order valence-electron chi connectivity index (χ4n) is 3.89. The van der Waals surface area contributed by atoms with Crippen LogP contribution in [0.15, 0.2) is 78.9 Å². The maximum Gasteiger partial charge on any atom is 0.243 e. The quantitative estimate of drug-likeness (QED) is 0.359. The second kappa shape index (κ2) is 13.7. The number of hydrogen-bond acceptors (Lipinski definition) is 4. The molecule has 0 saturated heterocycles. The Balaban J connectivity index is 1.81. The van der Waals surface area contributed by atoms with Gasteiger partial charge in [-0.2, -0.15) is 0 Å². The molecule has 3 aromatic rings. The second-order valence-electron chi connectivity index (χ2n) is 9.22. The lowest BCUT2D eigenvalue weighted by molar-refractivity contribution is -0.139. The van der Waals surface area contributed by atoms with Gasteiger partial charge in [0.25, 0.3) is 0 Å². The topological polar surface area (TPSA) is 58.6 Å². The van der Waals surface area contributed by atoms with Crippen LogP contribution >= 0.6 is 11.8 Å². The Morgan fingerprint density at radius 2 is 1.53 bits per heavy atom. The van der Waals surface area contributed by atoms with Crippen molar-refractivity contribution < 1.29 is 14.3 Å². The summed E-state index contributed by atoms with van der Waals surface area (Å²) >= 11 is 1.55. The van der Waals surface area contributed by atoms with Crippen molar-refractivity contribution in [3.05, 3.63) is 101 Å². The van der Waals surface area contributed by atoms with Gasteiger partial charge in [0.15, 0.2) is 0 Å². The summed E-state index contributed by atoms with van der Waals surface area (Å²) in [5.41, 5.74) is 4.31. The van der Waals surface area contributed by atoms with Crippen molar-refractivity contribution in [3.8, 4) is 5.75 Å². The van der Waals surface area contributed by atoms with Crippen molar-refractivity contribution >= 4 is 23.6 Å². The van der Waals surface area contributed by atoms with Crippen LogP contribution in [0.1, 0.15) is 36.1 Å². The van der Waals surface area contributed by atoms with E-state index in [9.17, 15) is 9.59 Å². The number of thioether (sulfide) groups is 1. The van der Waals surface area contributed by atoms with Crippen LogP contribution in [0.25, 0.3) is 0 Å². The van der Waals surface area contributed by atoms with Crippen LogP contribution in [-0.2, 0) is 28.3 Å². The highest BCUT2D eigenvalue weighted by Crippen LogP contribution is 2.20. The Morgan fingerprint density at radius 3 is 2.14 bits per heavy atom. The molecule has 0 aromatic heterocycles. The Kier molecular flexibility index (Phi) is 10.4. The minimum absolute atomic E-state index is 0.0171. The third-order valence-corrected chi connectivity index (χ3v) is 6.82. The molecular formula is C30H36N2O3S. The molecule has 0 saturated carbocycles. The SMILES string of the molecule is COc1ccc(CSCC(=O)N(Cc2ccc(C)cc2)[C@H](Cc2ccccc2)C(=O)NC(C)C)cc1. The molecule has 0 aliphatic rings. The number of rotatable bonds is 12. The number of ether oxygens (including phenoxy) is 1. The zero-order chi connectivity index (χ0) is 25.9. The molecule has 3 aromatic carbocycles. The highest BCUT2D eigenvalue weighted by Gasteiger charge is 2.30. The van der Waals surface area contributed by atoms with Gasteiger partial charge in [0, 0.05) is 24.8 Å². The molecule has 36 heavy (non-hydrogen) atoms. The predicted molar refractivity (Wildman–Crippen MR) is 148 cm³/mol. The fraction of sp³-hybridized carbons (Fsp3) is 0.333. The molecule has 1 atom stereocenters. The first-order valence-corrected chi connectivity index (χ1v) is 13.4. The predicted octanol–water partition coefficient (Wildman–Crippen LogP) is 5.40. The van der Waals surface area contributed by atoms with E-state index in [-0.39, 0.29) is 23.6 Å². The van der Waals surface area contributed by atoms with Crippen molar-refractivity contribution in [1.82, 2.24) is 10.2 Å². The van der Waals surface area contributed by atoms with Crippen molar-refractivity contribution in [3.63, 3.8) is 0 Å². The van der Waals surface area contributed by atoms with Crippen LogP contribution in [0.2, 0.25) is 0 Å². The fourth-order valence-corrected chi connectivity index (χ4v) is 4.76. The van der Waals surface area contributed by atoms with Crippen molar-refractivity contribution in [2.45, 2.75) is 51.6 Å². The van der Waals surface area contributed by atoms with Gasteiger partial charge in [0.05, 0.1) is 12.9 Å². The van der Waals surface area contributed by atoms with Gasteiger partial charge >= 0.3 is 0 Å². The van der Waals surface area contributed by atoms with Crippen molar-refractivity contribution in [2.24, 2.45) is 0 Å². The van der Waals surface area contributed by atoms with E-state index < -0.39 is 6.04 Å². The summed E-state index contributed by atoms with van der Waals surface area (Å²) in [6.45, 7) is 6.30. The van der Waals surface area contributed by atoms with E-state index in [2.05, 4.69) is 5.32 Å². The van der Waals surface area contributed by atoms with Crippen LogP contribution in [0, 0.1) is 6.92 Å². The molecule has 0 bridgehead atoms. The molecule has 6 heteroatoms. The second-order valence-corrected chi connectivity index (χ2v) is 10.2. The zero-order valence-corrected chi connectivity index (χ0v) is 22.4. The van der Waals surface area contributed by atoms with E-state index in [0.717, 1.165) is 28.0 Å². The first kappa shape index (κ1) is 27.3. The maximum atomic E-state index is 13.6. The Bertz CT molecular complexity index is 1100. The number of nitrogens with zero attached hydrogens (tertiary/aromatic N) is 1. The van der Waals surface area contributed by atoms with Crippen LogP contribution < -0.4 is 10.1 Å². The molecule has 0 aliphatic carbocycles. The molecule has 0 fully saturated rings. The highest BCUT2D eigenvalue weighted by atomic mass is 32.2. The number of amides is 2. The van der Waals surface area contributed by atoms with Crippen LogP contribution in [0.5, 0.6) is 5.75 Å². The van der Waals surface area contributed by atoms with E-state index in [0.29, 0.717) is 18.7 Å². The van der Waals surface area contributed by atoms with Crippen molar-refractivity contribution in [2.75, 3.05) is 12.9 Å². The van der Waals surface area contributed by atoms with E-state index in [4.69, 9.17) is 4.74 Å². The van der Waals surface area contributed by atoms with Crippen LogP contribution in [-0.4, -0.2) is 41.7 Å². The molecule has 3 rings (SSSR count). The summed E-state index contributed by atoms with van der Waals surface area (Å²) in [6.07, 6.45) is 0.458. The van der Waals surface area contributed by atoms with Gasteiger partial charge in [0.1, 0.15) is 11.8 Å². The number of nitrogens with one attached hydrogen (secondary N) is 1. The summed E-state index contributed by atoms with van der Waals surface area (Å²) in [7, 11) is 1.65. The minimum atomic E-state index is -0.606. The molecule has 0 heterocycles. The Labute approximate surface area is 219 Å². The average molecular weight is 505 g/mol. The Hall–Kier alpha value is -3.25. The first-order valence-electron chi connectivity index (χ1n) is 12.3.